The lowest BCUT2D eigenvalue weighted by atomic mass is 10.1. The molecule has 5 heteroatoms. The van der Waals surface area contributed by atoms with Crippen LogP contribution in [-0.4, -0.2) is 36.6 Å². The fraction of sp³-hybridized carbons (Fsp3) is 0.435. The molecule has 0 saturated carbocycles. The van der Waals surface area contributed by atoms with E-state index in [1.54, 1.807) is 12.1 Å². The minimum atomic E-state index is -0.403. The average molecular weight is 383 g/mol. The molecule has 28 heavy (non-hydrogen) atoms. The quantitative estimate of drug-likeness (QED) is 0.764. The number of aryl methyl sites for hydroxylation is 1. The van der Waals surface area contributed by atoms with Crippen molar-refractivity contribution in [2.24, 2.45) is 0 Å². The zero-order valence-corrected chi connectivity index (χ0v) is 16.7. The van der Waals surface area contributed by atoms with Crippen LogP contribution in [0.4, 0.5) is 15.8 Å². The highest BCUT2D eigenvalue weighted by molar-refractivity contribution is 6.04. The lowest BCUT2D eigenvalue weighted by molar-refractivity contribution is -0.00237. The highest BCUT2D eigenvalue weighted by Crippen LogP contribution is 2.38. The molecule has 2 aromatic rings. The maximum atomic E-state index is 13.4. The topological polar surface area (TPSA) is 32.3 Å². The first-order valence-electron chi connectivity index (χ1n) is 10.3. The first-order chi connectivity index (χ1) is 13.5. The normalized spacial score (nSPS) is 21.8. The molecule has 2 fully saturated rings. The van der Waals surface area contributed by atoms with Crippen LogP contribution in [-0.2, 0) is 0 Å². The molecule has 0 unspecified atom stereocenters. The van der Waals surface area contributed by atoms with E-state index in [4.69, 9.17) is 0 Å². The third-order valence-corrected chi connectivity index (χ3v) is 6.34. The molecule has 0 spiro atoms. The number of anilines is 1. The number of benzene rings is 2. The van der Waals surface area contributed by atoms with Crippen molar-refractivity contribution in [3.63, 3.8) is 0 Å². The summed E-state index contributed by atoms with van der Waals surface area (Å²) in [4.78, 5) is 12.5. The van der Waals surface area contributed by atoms with Crippen LogP contribution < -0.4 is 9.91 Å². The Morgan fingerprint density at radius 1 is 1.14 bits per heavy atom. The van der Waals surface area contributed by atoms with Crippen molar-refractivity contribution in [2.75, 3.05) is 25.0 Å². The third-order valence-electron chi connectivity index (χ3n) is 6.34. The zero-order valence-electron chi connectivity index (χ0n) is 16.7. The molecule has 4 nitrogen and oxygen atoms in total. The molecule has 0 aromatic heterocycles. The van der Waals surface area contributed by atoms with E-state index >= 15 is 0 Å². The second-order valence-corrected chi connectivity index (χ2v) is 8.20. The predicted molar refractivity (Wildman–Crippen MR) is 112 cm³/mol. The summed E-state index contributed by atoms with van der Waals surface area (Å²) in [7, 11) is 0. The maximum Gasteiger partial charge on any atom is 0.255 e. The van der Waals surface area contributed by atoms with Gasteiger partial charge in [-0.15, -0.1) is 5.01 Å². The summed E-state index contributed by atoms with van der Waals surface area (Å²) < 4.78 is 14.4. The molecule has 2 aromatic carbocycles. The molecule has 4 rings (SSSR count). The van der Waals surface area contributed by atoms with E-state index in [9.17, 15) is 9.18 Å². The molecule has 1 atom stereocenters. The molecule has 1 N–H and O–H groups in total. The third kappa shape index (κ3) is 3.45. The zero-order chi connectivity index (χ0) is 19.7. The molecule has 0 radical (unpaired) electrons. The van der Waals surface area contributed by atoms with Gasteiger partial charge in [-0.3, -0.25) is 4.79 Å². The van der Waals surface area contributed by atoms with Gasteiger partial charge in [-0.25, -0.2) is 8.98 Å². The van der Waals surface area contributed by atoms with Gasteiger partial charge < -0.3 is 5.32 Å². The molecule has 0 bridgehead atoms. The van der Waals surface area contributed by atoms with E-state index in [1.165, 1.54) is 43.5 Å². The number of quaternary nitrogens is 1. The fourth-order valence-electron chi connectivity index (χ4n) is 4.88. The van der Waals surface area contributed by atoms with Crippen molar-refractivity contribution in [2.45, 2.75) is 45.6 Å². The van der Waals surface area contributed by atoms with E-state index in [0.29, 0.717) is 11.6 Å². The van der Waals surface area contributed by atoms with Gasteiger partial charge in [0.25, 0.3) is 5.91 Å². The van der Waals surface area contributed by atoms with Gasteiger partial charge in [0, 0.05) is 42.8 Å². The van der Waals surface area contributed by atoms with Gasteiger partial charge in [0.05, 0.1) is 6.04 Å². The number of carbonyl (C=O) groups is 1. The Bertz CT molecular complexity index is 876. The van der Waals surface area contributed by atoms with Crippen LogP contribution in [0, 0.1) is 12.7 Å². The standard InChI is InChI=1S/C23H28FN3O/c1-17-15-21(27(13-3-4-14-27)26-12-6-7-18(26)2)10-11-22(17)25-23(28)19-8-5-9-20(24)16-19/h5,8-11,15-16,18H,3-4,6-7,12-14H2,1-2H3/p+1/t18-/m0/s1. The van der Waals surface area contributed by atoms with Crippen molar-refractivity contribution in [1.82, 2.24) is 9.60 Å². The SMILES string of the molecule is Cc1cc([N+]2(N3CCC[C@@H]3C)CCCC2)ccc1NC(=O)c1cccc(F)c1. The number of nitrogens with one attached hydrogen (secondary N) is 1. The maximum absolute atomic E-state index is 13.4. The van der Waals surface area contributed by atoms with E-state index < -0.39 is 5.82 Å². The van der Waals surface area contributed by atoms with E-state index in [2.05, 4.69) is 29.4 Å². The van der Waals surface area contributed by atoms with Crippen molar-refractivity contribution in [1.29, 1.82) is 0 Å². The van der Waals surface area contributed by atoms with Gasteiger partial charge in [0.2, 0.25) is 0 Å². The van der Waals surface area contributed by atoms with Gasteiger partial charge in [-0.2, -0.15) is 0 Å². The largest absolute Gasteiger partial charge is 0.322 e. The van der Waals surface area contributed by atoms with Crippen LogP contribution in [0.25, 0.3) is 0 Å². The predicted octanol–water partition coefficient (Wildman–Crippen LogP) is 4.89. The molecule has 2 aliphatic rings. The van der Waals surface area contributed by atoms with Crippen LogP contribution in [0.1, 0.15) is 48.5 Å². The van der Waals surface area contributed by atoms with Crippen molar-refractivity contribution >= 4 is 17.3 Å². The molecule has 148 valence electrons. The van der Waals surface area contributed by atoms with Gasteiger partial charge in [0.1, 0.15) is 18.9 Å². The smallest absolute Gasteiger partial charge is 0.255 e. The van der Waals surface area contributed by atoms with Gasteiger partial charge in [-0.05, 0) is 56.5 Å². The van der Waals surface area contributed by atoms with Gasteiger partial charge >= 0.3 is 0 Å². The average Bonchev–Trinajstić information content (AvgIpc) is 3.33. The van der Waals surface area contributed by atoms with Crippen LogP contribution in [0.2, 0.25) is 0 Å². The Morgan fingerprint density at radius 3 is 2.57 bits per heavy atom. The molecule has 2 aliphatic heterocycles. The van der Waals surface area contributed by atoms with E-state index in [-0.39, 0.29) is 5.91 Å². The van der Waals surface area contributed by atoms with Gasteiger partial charge in [0.15, 0.2) is 5.69 Å². The summed E-state index contributed by atoms with van der Waals surface area (Å²) in [6, 6.07) is 12.8. The fourth-order valence-corrected chi connectivity index (χ4v) is 4.88. The Kier molecular flexibility index (Phi) is 5.21. The molecular weight excluding hydrogens is 353 g/mol. The Labute approximate surface area is 166 Å². The summed E-state index contributed by atoms with van der Waals surface area (Å²) in [6.45, 7) is 7.83. The minimum Gasteiger partial charge on any atom is -0.322 e. The summed E-state index contributed by atoms with van der Waals surface area (Å²) in [5, 5.41) is 5.60. The molecule has 2 saturated heterocycles. The monoisotopic (exact) mass is 382 g/mol. The Morgan fingerprint density at radius 2 is 1.93 bits per heavy atom. The Hall–Kier alpha value is -2.24. The van der Waals surface area contributed by atoms with Crippen LogP contribution in [0.3, 0.4) is 0 Å². The summed E-state index contributed by atoms with van der Waals surface area (Å²) >= 11 is 0. The lowest BCUT2D eigenvalue weighted by Gasteiger charge is -2.43. The van der Waals surface area contributed by atoms with E-state index in [0.717, 1.165) is 35.5 Å². The minimum absolute atomic E-state index is 0.284. The first-order valence-corrected chi connectivity index (χ1v) is 10.3. The van der Waals surface area contributed by atoms with Crippen molar-refractivity contribution < 1.29 is 9.18 Å². The summed E-state index contributed by atoms with van der Waals surface area (Å²) in [6.07, 6.45) is 5.03. The van der Waals surface area contributed by atoms with E-state index in [1.807, 2.05) is 13.0 Å². The summed E-state index contributed by atoms with van der Waals surface area (Å²) in [5.41, 5.74) is 3.47. The first kappa shape index (κ1) is 19.1. The number of rotatable bonds is 4. The summed E-state index contributed by atoms with van der Waals surface area (Å²) in [5.74, 6) is -0.687. The van der Waals surface area contributed by atoms with Crippen molar-refractivity contribution in [3.05, 3.63) is 59.4 Å². The molecule has 0 aliphatic carbocycles. The molecule has 1 amide bonds. The van der Waals surface area contributed by atoms with Crippen LogP contribution in [0.15, 0.2) is 42.5 Å². The van der Waals surface area contributed by atoms with Crippen LogP contribution in [0.5, 0.6) is 0 Å². The number of nitrogens with zero attached hydrogens (tertiary/aromatic N) is 2. The van der Waals surface area contributed by atoms with Gasteiger partial charge in [-0.1, -0.05) is 6.07 Å². The number of carbonyl (C=O) groups excluding carboxylic acids is 1. The number of hydrogen-bond donors (Lipinski definition) is 1. The number of hydrogen-bond acceptors (Lipinski definition) is 2. The molecule has 2 heterocycles. The Balaban J connectivity index is 1.59. The lowest BCUT2D eigenvalue weighted by Crippen LogP contribution is -2.61. The number of amides is 1. The second kappa shape index (κ2) is 7.64. The highest BCUT2D eigenvalue weighted by atomic mass is 19.1. The highest BCUT2D eigenvalue weighted by Gasteiger charge is 2.45. The molecular formula is C23H29FN3O+. The number of halogens is 1. The van der Waals surface area contributed by atoms with Crippen LogP contribution >= 0.6 is 0 Å². The second-order valence-electron chi connectivity index (χ2n) is 8.20. The van der Waals surface area contributed by atoms with Crippen molar-refractivity contribution in [3.8, 4) is 0 Å².